The van der Waals surface area contributed by atoms with Crippen molar-refractivity contribution < 1.29 is 9.90 Å². The molecule has 1 atom stereocenters. The molecule has 0 spiro atoms. The number of para-hydroxylation sites is 1. The van der Waals surface area contributed by atoms with Crippen LogP contribution in [-0.4, -0.2) is 42.8 Å². The van der Waals surface area contributed by atoms with Crippen LogP contribution in [0.2, 0.25) is 0 Å². The van der Waals surface area contributed by atoms with Crippen LogP contribution in [0.5, 0.6) is 0 Å². The molecule has 0 aromatic heterocycles. The van der Waals surface area contributed by atoms with Crippen LogP contribution >= 0.6 is 0 Å². The van der Waals surface area contributed by atoms with E-state index in [0.717, 1.165) is 17.8 Å². The number of nitrogens with zero attached hydrogens (tertiary/aromatic N) is 2. The van der Waals surface area contributed by atoms with Gasteiger partial charge < -0.3 is 10.0 Å². The molecule has 0 bridgehead atoms. The maximum Gasteiger partial charge on any atom is 0.324 e. The second kappa shape index (κ2) is 4.75. The van der Waals surface area contributed by atoms with Gasteiger partial charge in [0, 0.05) is 38.3 Å². The first-order valence-corrected chi connectivity index (χ1v) is 5.87. The topological polar surface area (TPSA) is 43.8 Å². The predicted molar refractivity (Wildman–Crippen MR) is 67.3 cm³/mol. The standard InChI is InChI=1S/C13H18N2O2/c1-10(9-16)11-5-3-4-6-12(11)15-8-7-14(2)13(15)17/h3-6,10,16H,7-9H2,1-2H3. The highest BCUT2D eigenvalue weighted by molar-refractivity contribution is 5.94. The van der Waals surface area contributed by atoms with E-state index in [9.17, 15) is 9.90 Å². The molecular formula is C13H18N2O2. The largest absolute Gasteiger partial charge is 0.396 e. The number of carbonyl (C=O) groups excluding carboxylic acids is 1. The summed E-state index contributed by atoms with van der Waals surface area (Å²) in [6.07, 6.45) is 0. The zero-order chi connectivity index (χ0) is 12.4. The van der Waals surface area contributed by atoms with Crippen LogP contribution < -0.4 is 4.90 Å². The number of amides is 2. The van der Waals surface area contributed by atoms with Crippen molar-refractivity contribution in [1.29, 1.82) is 0 Å². The molecule has 17 heavy (non-hydrogen) atoms. The molecule has 1 N–H and O–H groups in total. The number of aliphatic hydroxyl groups excluding tert-OH is 1. The van der Waals surface area contributed by atoms with E-state index in [1.165, 1.54) is 0 Å². The fourth-order valence-electron chi connectivity index (χ4n) is 2.12. The number of anilines is 1. The third kappa shape index (κ3) is 2.13. The molecular weight excluding hydrogens is 216 g/mol. The molecule has 1 fully saturated rings. The predicted octanol–water partition coefficient (Wildman–Crippen LogP) is 1.65. The summed E-state index contributed by atoms with van der Waals surface area (Å²) in [5.74, 6) is 0.0462. The molecule has 2 amide bonds. The first kappa shape index (κ1) is 11.9. The van der Waals surface area contributed by atoms with Crippen LogP contribution in [0.3, 0.4) is 0 Å². The number of aliphatic hydroxyl groups is 1. The first-order chi connectivity index (χ1) is 8.15. The van der Waals surface area contributed by atoms with E-state index in [-0.39, 0.29) is 18.6 Å². The minimum Gasteiger partial charge on any atom is -0.396 e. The van der Waals surface area contributed by atoms with Crippen LogP contribution in [0.15, 0.2) is 24.3 Å². The number of hydrogen-bond donors (Lipinski definition) is 1. The van der Waals surface area contributed by atoms with Gasteiger partial charge >= 0.3 is 6.03 Å². The Morgan fingerprint density at radius 1 is 1.35 bits per heavy atom. The maximum atomic E-state index is 12.0. The smallest absolute Gasteiger partial charge is 0.324 e. The Labute approximate surface area is 101 Å². The van der Waals surface area contributed by atoms with E-state index in [1.54, 1.807) is 16.8 Å². The van der Waals surface area contributed by atoms with Gasteiger partial charge in [-0.1, -0.05) is 25.1 Å². The highest BCUT2D eigenvalue weighted by atomic mass is 16.3. The maximum absolute atomic E-state index is 12.0. The first-order valence-electron chi connectivity index (χ1n) is 5.87. The summed E-state index contributed by atoms with van der Waals surface area (Å²) in [6, 6.07) is 7.81. The van der Waals surface area contributed by atoms with Crippen molar-refractivity contribution >= 4 is 11.7 Å². The van der Waals surface area contributed by atoms with Gasteiger partial charge in [-0.25, -0.2) is 4.79 Å². The summed E-state index contributed by atoms with van der Waals surface area (Å²) in [6.45, 7) is 3.52. The molecule has 1 aliphatic rings. The van der Waals surface area contributed by atoms with E-state index in [1.807, 2.05) is 31.2 Å². The minimum atomic E-state index is 0.0302. The lowest BCUT2D eigenvalue weighted by Gasteiger charge is -2.22. The zero-order valence-electron chi connectivity index (χ0n) is 10.3. The summed E-state index contributed by atoms with van der Waals surface area (Å²) in [4.78, 5) is 15.4. The molecule has 1 aromatic rings. The van der Waals surface area contributed by atoms with Gasteiger partial charge in [0.25, 0.3) is 0 Å². The molecule has 1 aliphatic heterocycles. The second-order valence-corrected chi connectivity index (χ2v) is 4.50. The Hall–Kier alpha value is -1.55. The number of hydrogen-bond acceptors (Lipinski definition) is 2. The number of urea groups is 1. The SMILES string of the molecule is CC(CO)c1ccccc1N1CCN(C)C1=O. The van der Waals surface area contributed by atoms with E-state index in [4.69, 9.17) is 0 Å². The van der Waals surface area contributed by atoms with Gasteiger partial charge in [0.15, 0.2) is 0 Å². The third-order valence-electron chi connectivity index (χ3n) is 3.25. The number of benzene rings is 1. The molecule has 0 saturated carbocycles. The monoisotopic (exact) mass is 234 g/mol. The summed E-state index contributed by atoms with van der Waals surface area (Å²) in [7, 11) is 1.81. The molecule has 0 radical (unpaired) electrons. The Balaban J connectivity index is 2.35. The van der Waals surface area contributed by atoms with E-state index >= 15 is 0 Å². The Morgan fingerprint density at radius 2 is 2.06 bits per heavy atom. The van der Waals surface area contributed by atoms with Gasteiger partial charge in [-0.15, -0.1) is 0 Å². The lowest BCUT2D eigenvalue weighted by Crippen LogP contribution is -2.30. The van der Waals surface area contributed by atoms with Crippen molar-refractivity contribution in [2.45, 2.75) is 12.8 Å². The van der Waals surface area contributed by atoms with Crippen LogP contribution in [0.25, 0.3) is 0 Å². The quantitative estimate of drug-likeness (QED) is 0.864. The third-order valence-corrected chi connectivity index (χ3v) is 3.25. The van der Waals surface area contributed by atoms with Crippen LogP contribution in [0.4, 0.5) is 10.5 Å². The number of carbonyl (C=O) groups is 1. The van der Waals surface area contributed by atoms with E-state index < -0.39 is 0 Å². The molecule has 92 valence electrons. The van der Waals surface area contributed by atoms with Gasteiger partial charge in [-0.2, -0.15) is 0 Å². The highest BCUT2D eigenvalue weighted by Gasteiger charge is 2.28. The Kier molecular flexibility index (Phi) is 3.33. The summed E-state index contributed by atoms with van der Waals surface area (Å²) in [5.41, 5.74) is 1.95. The fourth-order valence-corrected chi connectivity index (χ4v) is 2.12. The van der Waals surface area contributed by atoms with Gasteiger partial charge in [0.05, 0.1) is 0 Å². The lowest BCUT2D eigenvalue weighted by atomic mass is 9.99. The molecule has 4 heteroatoms. The molecule has 2 rings (SSSR count). The van der Waals surface area contributed by atoms with Crippen molar-refractivity contribution in [3.63, 3.8) is 0 Å². The average Bonchev–Trinajstić information content (AvgIpc) is 2.69. The van der Waals surface area contributed by atoms with Crippen molar-refractivity contribution in [3.8, 4) is 0 Å². The average molecular weight is 234 g/mol. The second-order valence-electron chi connectivity index (χ2n) is 4.50. The molecule has 1 heterocycles. The van der Waals surface area contributed by atoms with Crippen molar-refractivity contribution in [2.24, 2.45) is 0 Å². The van der Waals surface area contributed by atoms with Crippen molar-refractivity contribution in [2.75, 3.05) is 31.6 Å². The Morgan fingerprint density at radius 3 is 2.65 bits per heavy atom. The normalized spacial score (nSPS) is 17.7. The summed E-state index contributed by atoms with van der Waals surface area (Å²) < 4.78 is 0. The van der Waals surface area contributed by atoms with Gasteiger partial charge in [-0.05, 0) is 11.6 Å². The van der Waals surface area contributed by atoms with Crippen LogP contribution in [-0.2, 0) is 0 Å². The Bertz CT molecular complexity index is 420. The molecule has 1 unspecified atom stereocenters. The van der Waals surface area contributed by atoms with Gasteiger partial charge in [-0.3, -0.25) is 4.90 Å². The minimum absolute atomic E-state index is 0.0302. The fraction of sp³-hybridized carbons (Fsp3) is 0.462. The molecule has 0 aliphatic carbocycles. The van der Waals surface area contributed by atoms with Gasteiger partial charge in [0.2, 0.25) is 0 Å². The number of likely N-dealkylation sites (N-methyl/N-ethyl adjacent to an activating group) is 1. The molecule has 1 aromatic carbocycles. The van der Waals surface area contributed by atoms with E-state index in [0.29, 0.717) is 6.54 Å². The van der Waals surface area contributed by atoms with Crippen molar-refractivity contribution in [1.82, 2.24) is 4.90 Å². The summed E-state index contributed by atoms with van der Waals surface area (Å²) in [5, 5.41) is 9.26. The number of rotatable bonds is 3. The van der Waals surface area contributed by atoms with Crippen LogP contribution in [0, 0.1) is 0 Å². The molecule has 4 nitrogen and oxygen atoms in total. The zero-order valence-corrected chi connectivity index (χ0v) is 10.3. The summed E-state index contributed by atoms with van der Waals surface area (Å²) >= 11 is 0. The van der Waals surface area contributed by atoms with Gasteiger partial charge in [0.1, 0.15) is 0 Å². The lowest BCUT2D eigenvalue weighted by molar-refractivity contribution is 0.229. The molecule has 1 saturated heterocycles. The van der Waals surface area contributed by atoms with E-state index in [2.05, 4.69) is 0 Å². The highest BCUT2D eigenvalue weighted by Crippen LogP contribution is 2.29. The van der Waals surface area contributed by atoms with Crippen LogP contribution in [0.1, 0.15) is 18.4 Å². The van der Waals surface area contributed by atoms with Crippen molar-refractivity contribution in [3.05, 3.63) is 29.8 Å².